The minimum absolute atomic E-state index is 0.181. The lowest BCUT2D eigenvalue weighted by molar-refractivity contribution is -0.136. The van der Waals surface area contributed by atoms with Gasteiger partial charge in [-0.05, 0) is 59.8 Å². The lowest BCUT2D eigenvalue weighted by Crippen LogP contribution is -2.17. The molecule has 1 N–H and O–H groups in total. The van der Waals surface area contributed by atoms with Crippen LogP contribution >= 0.6 is 11.3 Å². The first-order valence-corrected chi connectivity index (χ1v) is 11.7. The number of rotatable bonds is 5. The highest BCUT2D eigenvalue weighted by Gasteiger charge is 2.35. The summed E-state index contributed by atoms with van der Waals surface area (Å²) in [4.78, 5) is 3.98. The molecule has 2 heterocycles. The van der Waals surface area contributed by atoms with E-state index in [4.69, 9.17) is 4.74 Å². The van der Waals surface area contributed by atoms with Crippen molar-refractivity contribution in [2.24, 2.45) is 0 Å². The van der Waals surface area contributed by atoms with Crippen molar-refractivity contribution in [2.75, 3.05) is 11.8 Å². The quantitative estimate of drug-likeness (QED) is 0.332. The van der Waals surface area contributed by atoms with Gasteiger partial charge in [-0.15, -0.1) is 11.3 Å². The molecule has 5 nitrogen and oxygen atoms in total. The van der Waals surface area contributed by atoms with Gasteiger partial charge in [0.1, 0.15) is 10.0 Å². The summed E-state index contributed by atoms with van der Waals surface area (Å²) >= 11 is 0.857. The summed E-state index contributed by atoms with van der Waals surface area (Å²) in [5.74, 6) is -0.235. The Morgan fingerprint density at radius 3 is 2.39 bits per heavy atom. The molecule has 0 saturated heterocycles. The van der Waals surface area contributed by atoms with Gasteiger partial charge >= 0.3 is 6.18 Å². The summed E-state index contributed by atoms with van der Waals surface area (Å²) < 4.78 is 88.4. The van der Waals surface area contributed by atoms with Crippen LogP contribution < -0.4 is 9.46 Å². The Kier molecular flexibility index (Phi) is 5.79. The number of benzene rings is 2. The molecule has 0 atom stereocenters. The third kappa shape index (κ3) is 4.51. The van der Waals surface area contributed by atoms with E-state index in [2.05, 4.69) is 9.71 Å². The summed E-state index contributed by atoms with van der Waals surface area (Å²) in [6.45, 7) is 1.48. The van der Waals surface area contributed by atoms with Crippen molar-refractivity contribution < 1.29 is 30.7 Å². The largest absolute Gasteiger partial charge is 0.481 e. The average Bonchev–Trinajstić information content (AvgIpc) is 3.10. The Balaban J connectivity index is 1.76. The van der Waals surface area contributed by atoms with E-state index in [9.17, 15) is 26.0 Å². The van der Waals surface area contributed by atoms with Crippen LogP contribution in [0.1, 0.15) is 11.1 Å². The van der Waals surface area contributed by atoms with Crippen molar-refractivity contribution in [1.29, 1.82) is 0 Å². The number of anilines is 1. The predicted octanol–water partition coefficient (Wildman–Crippen LogP) is 6.24. The molecular weight excluding hydrogens is 480 g/mol. The second-order valence-electron chi connectivity index (χ2n) is 7.11. The van der Waals surface area contributed by atoms with Gasteiger partial charge in [-0.2, -0.15) is 13.2 Å². The third-order valence-corrected chi connectivity index (χ3v) is 8.21. The van der Waals surface area contributed by atoms with Crippen LogP contribution in [-0.4, -0.2) is 20.5 Å². The number of sulfonamides is 1. The Morgan fingerprint density at radius 2 is 1.76 bits per heavy atom. The monoisotopic (exact) mass is 496 g/mol. The Hall–Kier alpha value is -3.18. The first-order chi connectivity index (χ1) is 15.5. The molecule has 0 radical (unpaired) electrons. The zero-order valence-corrected chi connectivity index (χ0v) is 18.8. The molecule has 0 aliphatic heterocycles. The fourth-order valence-electron chi connectivity index (χ4n) is 3.34. The number of halogens is 4. The summed E-state index contributed by atoms with van der Waals surface area (Å²) in [6.07, 6.45) is -3.47. The van der Waals surface area contributed by atoms with Crippen molar-refractivity contribution in [3.8, 4) is 17.0 Å². The third-order valence-electron chi connectivity index (χ3n) is 4.95. The highest BCUT2D eigenvalue weighted by molar-refractivity contribution is 7.94. The van der Waals surface area contributed by atoms with Crippen LogP contribution in [0.15, 0.2) is 58.9 Å². The van der Waals surface area contributed by atoms with Crippen molar-refractivity contribution in [3.63, 3.8) is 0 Å². The molecule has 33 heavy (non-hydrogen) atoms. The smallest absolute Gasteiger partial charge is 0.418 e. The molecule has 4 rings (SSSR count). The fourth-order valence-corrected chi connectivity index (χ4v) is 6.16. The van der Waals surface area contributed by atoms with E-state index in [0.717, 1.165) is 23.5 Å². The van der Waals surface area contributed by atoms with E-state index < -0.39 is 33.3 Å². The van der Waals surface area contributed by atoms with Gasteiger partial charge < -0.3 is 4.74 Å². The van der Waals surface area contributed by atoms with Crippen molar-refractivity contribution in [2.45, 2.75) is 17.3 Å². The number of pyridine rings is 1. The van der Waals surface area contributed by atoms with Gasteiger partial charge in [0.15, 0.2) is 0 Å². The molecule has 0 aliphatic carbocycles. The normalized spacial score (nSPS) is 12.2. The molecule has 172 valence electrons. The SMILES string of the molecule is COc1ccc(-c2ccc(NS(=O)(=O)c3sc4ccc(F)cc4c3C)c(C(F)(F)F)c2)cn1. The summed E-state index contributed by atoms with van der Waals surface area (Å²) in [7, 11) is -2.95. The summed E-state index contributed by atoms with van der Waals surface area (Å²) in [5.41, 5.74) is -0.900. The second kappa shape index (κ2) is 8.31. The summed E-state index contributed by atoms with van der Waals surface area (Å²) in [6, 6.07) is 10.1. The van der Waals surface area contributed by atoms with Crippen LogP contribution in [0.25, 0.3) is 21.2 Å². The molecule has 0 bridgehead atoms. The number of ether oxygens (including phenoxy) is 1. The zero-order chi connectivity index (χ0) is 24.0. The molecular formula is C22H16F4N2O3S2. The van der Waals surface area contributed by atoms with E-state index in [0.29, 0.717) is 21.5 Å². The zero-order valence-electron chi connectivity index (χ0n) is 17.2. The van der Waals surface area contributed by atoms with E-state index in [1.807, 2.05) is 0 Å². The van der Waals surface area contributed by atoms with Gasteiger partial charge in [-0.3, -0.25) is 4.72 Å². The molecule has 4 aromatic rings. The molecule has 0 saturated carbocycles. The molecule has 2 aromatic carbocycles. The Morgan fingerprint density at radius 1 is 1.03 bits per heavy atom. The van der Waals surface area contributed by atoms with Gasteiger partial charge in [-0.1, -0.05) is 6.07 Å². The van der Waals surface area contributed by atoms with Crippen LogP contribution in [0.2, 0.25) is 0 Å². The minimum Gasteiger partial charge on any atom is -0.481 e. The van der Waals surface area contributed by atoms with Crippen LogP contribution in [0.5, 0.6) is 5.88 Å². The minimum atomic E-state index is -4.83. The van der Waals surface area contributed by atoms with Crippen molar-refractivity contribution in [1.82, 2.24) is 4.98 Å². The van der Waals surface area contributed by atoms with Crippen LogP contribution in [0.4, 0.5) is 23.2 Å². The van der Waals surface area contributed by atoms with Crippen LogP contribution in [0.3, 0.4) is 0 Å². The Labute approximate surface area is 190 Å². The van der Waals surface area contributed by atoms with Gasteiger partial charge in [0.25, 0.3) is 10.0 Å². The number of nitrogens with one attached hydrogen (secondary N) is 1. The number of fused-ring (bicyclic) bond motifs is 1. The topological polar surface area (TPSA) is 68.3 Å². The molecule has 0 amide bonds. The van der Waals surface area contributed by atoms with Gasteiger partial charge in [-0.25, -0.2) is 17.8 Å². The maximum atomic E-state index is 13.8. The van der Waals surface area contributed by atoms with Crippen molar-refractivity contribution >= 4 is 37.1 Å². The summed E-state index contributed by atoms with van der Waals surface area (Å²) in [5, 5.41) is 0.388. The molecule has 2 aromatic heterocycles. The molecule has 0 fully saturated rings. The van der Waals surface area contributed by atoms with Gasteiger partial charge in [0, 0.05) is 22.5 Å². The van der Waals surface area contributed by atoms with E-state index in [1.54, 1.807) is 6.07 Å². The number of thiophene rings is 1. The number of nitrogens with zero attached hydrogens (tertiary/aromatic N) is 1. The van der Waals surface area contributed by atoms with E-state index >= 15 is 0 Å². The predicted molar refractivity (Wildman–Crippen MR) is 119 cm³/mol. The van der Waals surface area contributed by atoms with Crippen LogP contribution in [0, 0.1) is 12.7 Å². The maximum absolute atomic E-state index is 13.8. The number of hydrogen-bond acceptors (Lipinski definition) is 5. The molecule has 0 spiro atoms. The van der Waals surface area contributed by atoms with Crippen LogP contribution in [-0.2, 0) is 16.2 Å². The number of methoxy groups -OCH3 is 1. The standard InChI is InChI=1S/C22H16F4N2O3S2/c1-12-16-10-15(23)5-7-19(16)32-21(12)33(29,30)28-18-6-3-13(9-17(18)22(24,25)26)14-4-8-20(31-2)27-11-14/h3-11,28H,1-2H3. The first-order valence-electron chi connectivity index (χ1n) is 9.43. The maximum Gasteiger partial charge on any atom is 0.418 e. The first kappa shape index (κ1) is 23.0. The highest BCUT2D eigenvalue weighted by atomic mass is 32.2. The van der Waals surface area contributed by atoms with Crippen molar-refractivity contribution in [3.05, 3.63) is 71.7 Å². The lowest BCUT2D eigenvalue weighted by Gasteiger charge is -2.16. The van der Waals surface area contributed by atoms with E-state index in [1.165, 1.54) is 50.6 Å². The van der Waals surface area contributed by atoms with Gasteiger partial charge in [0.05, 0.1) is 18.4 Å². The van der Waals surface area contributed by atoms with Gasteiger partial charge in [0.2, 0.25) is 5.88 Å². The fraction of sp³-hybridized carbons (Fsp3) is 0.136. The molecule has 0 unspecified atom stereocenters. The number of aromatic nitrogens is 1. The Bertz CT molecular complexity index is 1450. The lowest BCUT2D eigenvalue weighted by atomic mass is 10.0. The van der Waals surface area contributed by atoms with E-state index in [-0.39, 0.29) is 15.3 Å². The number of alkyl halides is 3. The average molecular weight is 497 g/mol. The second-order valence-corrected chi connectivity index (χ2v) is 10.0. The molecule has 11 heteroatoms. The molecule has 0 aliphatic rings. The highest BCUT2D eigenvalue weighted by Crippen LogP contribution is 2.40. The number of hydrogen-bond donors (Lipinski definition) is 1. The number of aryl methyl sites for hydroxylation is 1.